The van der Waals surface area contributed by atoms with Gasteiger partial charge in [-0.1, -0.05) is 12.8 Å². The molecule has 0 saturated carbocycles. The highest BCUT2D eigenvalue weighted by atomic mass is 16.9. The summed E-state index contributed by atoms with van der Waals surface area (Å²) < 4.78 is 16.9. The fraction of sp³-hybridized carbons (Fsp3) is 0.833. The molecule has 0 aromatic rings. The van der Waals surface area contributed by atoms with Crippen LogP contribution in [0.25, 0.3) is 0 Å². The molecule has 0 aromatic heterocycles. The molecule has 3 aliphatic heterocycles. The van der Waals surface area contributed by atoms with Crippen molar-refractivity contribution in [1.29, 1.82) is 0 Å². The Labute approximate surface area is 95.9 Å². The molecule has 2 bridgehead atoms. The van der Waals surface area contributed by atoms with Gasteiger partial charge in [0.1, 0.15) is 6.61 Å². The molecule has 90 valence electrons. The van der Waals surface area contributed by atoms with Crippen molar-refractivity contribution in [2.24, 2.45) is 5.41 Å². The molecule has 3 saturated heterocycles. The Morgan fingerprint density at radius 3 is 2.31 bits per heavy atom. The SMILES string of the molecule is CC12COC(CCCC#CCO)(OC1)OC2. The summed E-state index contributed by atoms with van der Waals surface area (Å²) in [7, 11) is 0. The first-order chi connectivity index (χ1) is 7.68. The van der Waals surface area contributed by atoms with Gasteiger partial charge in [-0.05, 0) is 6.42 Å². The summed E-state index contributed by atoms with van der Waals surface area (Å²) in [4.78, 5) is 0. The van der Waals surface area contributed by atoms with Crippen LogP contribution in [0.15, 0.2) is 0 Å². The van der Waals surface area contributed by atoms with Crippen LogP contribution in [0.3, 0.4) is 0 Å². The van der Waals surface area contributed by atoms with E-state index in [9.17, 15) is 0 Å². The number of unbranched alkanes of at least 4 members (excludes halogenated alkanes) is 1. The van der Waals surface area contributed by atoms with Crippen LogP contribution < -0.4 is 0 Å². The van der Waals surface area contributed by atoms with E-state index < -0.39 is 5.97 Å². The normalized spacial score (nSPS) is 36.9. The van der Waals surface area contributed by atoms with Gasteiger partial charge < -0.3 is 19.3 Å². The summed E-state index contributed by atoms with van der Waals surface area (Å²) in [5.74, 6) is 4.66. The maximum atomic E-state index is 8.50. The fourth-order valence-corrected chi connectivity index (χ4v) is 1.86. The van der Waals surface area contributed by atoms with E-state index in [1.54, 1.807) is 0 Å². The van der Waals surface area contributed by atoms with E-state index in [0.717, 1.165) is 12.8 Å². The Morgan fingerprint density at radius 2 is 1.75 bits per heavy atom. The van der Waals surface area contributed by atoms with Gasteiger partial charge in [-0.15, -0.1) is 5.92 Å². The van der Waals surface area contributed by atoms with Crippen molar-refractivity contribution in [2.75, 3.05) is 26.4 Å². The van der Waals surface area contributed by atoms with Gasteiger partial charge in [0.05, 0.1) is 19.8 Å². The van der Waals surface area contributed by atoms with Crippen LogP contribution in [0.2, 0.25) is 0 Å². The summed E-state index contributed by atoms with van der Waals surface area (Å²) in [5, 5.41) is 8.50. The molecule has 4 heteroatoms. The molecule has 0 atom stereocenters. The van der Waals surface area contributed by atoms with Gasteiger partial charge in [-0.25, -0.2) is 0 Å². The second-order valence-corrected chi connectivity index (χ2v) is 4.72. The highest BCUT2D eigenvalue weighted by Crippen LogP contribution is 2.40. The van der Waals surface area contributed by atoms with Crippen LogP contribution in [0, 0.1) is 17.3 Å². The Morgan fingerprint density at radius 1 is 1.12 bits per heavy atom. The smallest absolute Gasteiger partial charge is 0.282 e. The second kappa shape index (κ2) is 4.72. The second-order valence-electron chi connectivity index (χ2n) is 4.72. The van der Waals surface area contributed by atoms with Gasteiger partial charge in [0.2, 0.25) is 0 Å². The first-order valence-electron chi connectivity index (χ1n) is 5.67. The van der Waals surface area contributed by atoms with Crippen molar-refractivity contribution in [1.82, 2.24) is 0 Å². The molecule has 16 heavy (non-hydrogen) atoms. The molecule has 3 fully saturated rings. The minimum absolute atomic E-state index is 0.0262. The van der Waals surface area contributed by atoms with E-state index in [1.165, 1.54) is 0 Å². The van der Waals surface area contributed by atoms with E-state index in [2.05, 4.69) is 18.8 Å². The first-order valence-corrected chi connectivity index (χ1v) is 5.67. The predicted molar refractivity (Wildman–Crippen MR) is 57.4 cm³/mol. The standard InChI is InChI=1S/C12H18O4/c1-11-8-14-12(15-9-11,16-10-11)6-4-2-3-5-7-13/h13H,2,4,6-10H2,1H3. The Hall–Kier alpha value is -0.600. The molecule has 0 unspecified atom stereocenters. The first kappa shape index (κ1) is 11.9. The molecule has 0 spiro atoms. The summed E-state index contributed by atoms with van der Waals surface area (Å²) in [6.45, 7) is 4.13. The number of aliphatic hydroxyl groups is 1. The number of ether oxygens (including phenoxy) is 3. The van der Waals surface area contributed by atoms with Gasteiger partial charge >= 0.3 is 0 Å². The summed E-state index contributed by atoms with van der Waals surface area (Å²) >= 11 is 0. The van der Waals surface area contributed by atoms with E-state index in [0.29, 0.717) is 26.2 Å². The third-order valence-corrected chi connectivity index (χ3v) is 2.91. The van der Waals surface area contributed by atoms with Gasteiger partial charge in [0, 0.05) is 18.3 Å². The third-order valence-electron chi connectivity index (χ3n) is 2.91. The van der Waals surface area contributed by atoms with E-state index in [1.807, 2.05) is 0 Å². The molecule has 1 N–H and O–H groups in total. The number of hydrogen-bond acceptors (Lipinski definition) is 4. The van der Waals surface area contributed by atoms with Gasteiger partial charge in [-0.3, -0.25) is 0 Å². The van der Waals surface area contributed by atoms with E-state index >= 15 is 0 Å². The van der Waals surface area contributed by atoms with Gasteiger partial charge in [0.15, 0.2) is 0 Å². The molecule has 0 radical (unpaired) electrons. The van der Waals surface area contributed by atoms with Crippen molar-refractivity contribution in [3.05, 3.63) is 0 Å². The van der Waals surface area contributed by atoms with Crippen molar-refractivity contribution in [3.8, 4) is 11.8 Å². The monoisotopic (exact) mass is 226 g/mol. The number of fused-ring (bicyclic) bond motifs is 3. The molecule has 3 aliphatic rings. The van der Waals surface area contributed by atoms with Crippen LogP contribution in [-0.2, 0) is 14.2 Å². The van der Waals surface area contributed by atoms with Gasteiger partial charge in [-0.2, -0.15) is 0 Å². The van der Waals surface area contributed by atoms with E-state index in [-0.39, 0.29) is 12.0 Å². The van der Waals surface area contributed by atoms with Gasteiger partial charge in [0.25, 0.3) is 5.97 Å². The maximum Gasteiger partial charge on any atom is 0.282 e. The van der Waals surface area contributed by atoms with Crippen LogP contribution in [0.4, 0.5) is 0 Å². The zero-order chi connectivity index (χ0) is 11.5. The fourth-order valence-electron chi connectivity index (χ4n) is 1.86. The lowest BCUT2D eigenvalue weighted by Crippen LogP contribution is -2.58. The molecule has 3 rings (SSSR count). The van der Waals surface area contributed by atoms with Crippen LogP contribution in [0.5, 0.6) is 0 Å². The lowest BCUT2D eigenvalue weighted by molar-refractivity contribution is -0.467. The van der Waals surface area contributed by atoms with Crippen LogP contribution >= 0.6 is 0 Å². The molecular formula is C12H18O4. The van der Waals surface area contributed by atoms with Crippen molar-refractivity contribution < 1.29 is 19.3 Å². The lowest BCUT2D eigenvalue weighted by atomic mass is 9.91. The Bertz CT molecular complexity index is 277. The minimum atomic E-state index is -0.821. The van der Waals surface area contributed by atoms with E-state index in [4.69, 9.17) is 19.3 Å². The topological polar surface area (TPSA) is 47.9 Å². The zero-order valence-corrected chi connectivity index (χ0v) is 9.62. The molecule has 0 aromatic carbocycles. The van der Waals surface area contributed by atoms with Crippen LogP contribution in [-0.4, -0.2) is 37.5 Å². The number of hydrogen-bond donors (Lipinski definition) is 1. The summed E-state index contributed by atoms with van der Waals surface area (Å²) in [6.07, 6.45) is 2.28. The molecule has 3 heterocycles. The predicted octanol–water partition coefficient (Wildman–Crippen LogP) is 0.889. The largest absolute Gasteiger partial charge is 0.384 e. The average molecular weight is 226 g/mol. The van der Waals surface area contributed by atoms with Crippen molar-refractivity contribution in [2.45, 2.75) is 32.2 Å². The average Bonchev–Trinajstić information content (AvgIpc) is 2.31. The molecule has 0 amide bonds. The lowest BCUT2D eigenvalue weighted by Gasteiger charge is -2.50. The number of aliphatic hydroxyl groups excluding tert-OH is 1. The quantitative estimate of drug-likeness (QED) is 0.573. The number of rotatable bonds is 3. The van der Waals surface area contributed by atoms with Crippen molar-refractivity contribution in [3.63, 3.8) is 0 Å². The van der Waals surface area contributed by atoms with Crippen molar-refractivity contribution >= 4 is 0 Å². The minimum Gasteiger partial charge on any atom is -0.384 e. The maximum absolute atomic E-state index is 8.50. The molecule has 4 nitrogen and oxygen atoms in total. The highest BCUT2D eigenvalue weighted by molar-refractivity contribution is 4.98. The molecule has 0 aliphatic carbocycles. The summed E-state index contributed by atoms with van der Waals surface area (Å²) in [5.41, 5.74) is 0.0262. The Kier molecular flexibility index (Phi) is 3.50. The van der Waals surface area contributed by atoms with Crippen LogP contribution in [0.1, 0.15) is 26.2 Å². The Balaban J connectivity index is 1.77. The zero-order valence-electron chi connectivity index (χ0n) is 9.62. The summed E-state index contributed by atoms with van der Waals surface area (Å²) in [6, 6.07) is 0. The third kappa shape index (κ3) is 2.55. The molecular weight excluding hydrogens is 208 g/mol. The highest BCUT2D eigenvalue weighted by Gasteiger charge is 2.49.